The number of hydrogen-bond donors (Lipinski definition) is 1. The fraction of sp³-hybridized carbons (Fsp3) is 0.200. The summed E-state index contributed by atoms with van der Waals surface area (Å²) in [5.41, 5.74) is 1.14. The monoisotopic (exact) mass is 283 g/mol. The molecule has 1 atom stereocenters. The second-order valence-electron chi connectivity index (χ2n) is 4.52. The van der Waals surface area contributed by atoms with Gasteiger partial charge < -0.3 is 5.32 Å². The van der Waals surface area contributed by atoms with Gasteiger partial charge in [0.2, 0.25) is 0 Å². The first kappa shape index (κ1) is 14.5. The average molecular weight is 283 g/mol. The van der Waals surface area contributed by atoms with E-state index in [9.17, 15) is 17.6 Å². The van der Waals surface area contributed by atoms with Crippen LogP contribution in [0.5, 0.6) is 0 Å². The lowest BCUT2D eigenvalue weighted by atomic mass is 10.1. The summed E-state index contributed by atoms with van der Waals surface area (Å²) in [6.07, 6.45) is 0. The Labute approximate surface area is 114 Å². The van der Waals surface area contributed by atoms with Gasteiger partial charge in [0.15, 0.2) is 23.3 Å². The molecule has 2 aromatic carbocycles. The maximum absolute atomic E-state index is 13.1. The Morgan fingerprint density at radius 1 is 0.850 bits per heavy atom. The van der Waals surface area contributed by atoms with Crippen molar-refractivity contribution >= 4 is 0 Å². The molecular formula is C15H13F4N. The minimum absolute atomic E-state index is 0.252. The van der Waals surface area contributed by atoms with Gasteiger partial charge in [0, 0.05) is 12.6 Å². The number of halogens is 4. The van der Waals surface area contributed by atoms with Gasteiger partial charge in [-0.1, -0.05) is 12.1 Å². The molecule has 0 heterocycles. The molecule has 0 aromatic heterocycles. The van der Waals surface area contributed by atoms with Crippen molar-refractivity contribution < 1.29 is 17.6 Å². The Kier molecular flexibility index (Phi) is 4.39. The van der Waals surface area contributed by atoms with Crippen LogP contribution in [0.25, 0.3) is 0 Å². The van der Waals surface area contributed by atoms with Crippen molar-refractivity contribution in [3.05, 3.63) is 70.8 Å². The molecule has 1 unspecified atom stereocenters. The predicted octanol–water partition coefficient (Wildman–Crippen LogP) is 4.09. The van der Waals surface area contributed by atoms with Crippen LogP contribution in [0, 0.1) is 23.3 Å². The average Bonchev–Trinajstić information content (AvgIpc) is 2.43. The summed E-state index contributed by atoms with van der Waals surface area (Å²) in [6.45, 7) is 2.06. The van der Waals surface area contributed by atoms with E-state index in [-0.39, 0.29) is 12.6 Å². The van der Waals surface area contributed by atoms with Crippen LogP contribution in [0.1, 0.15) is 24.1 Å². The van der Waals surface area contributed by atoms with Gasteiger partial charge in [-0.15, -0.1) is 0 Å². The number of rotatable bonds is 4. The van der Waals surface area contributed by atoms with Gasteiger partial charge in [-0.2, -0.15) is 0 Å². The van der Waals surface area contributed by atoms with Crippen molar-refractivity contribution in [2.24, 2.45) is 0 Å². The Bertz CT molecular complexity index is 613. The number of hydrogen-bond acceptors (Lipinski definition) is 1. The molecule has 0 fully saturated rings. The highest BCUT2D eigenvalue weighted by atomic mass is 19.2. The summed E-state index contributed by atoms with van der Waals surface area (Å²) >= 11 is 0. The molecule has 0 aliphatic carbocycles. The minimum atomic E-state index is -0.913. The highest BCUT2D eigenvalue weighted by molar-refractivity contribution is 5.22. The van der Waals surface area contributed by atoms with Crippen molar-refractivity contribution in [1.82, 2.24) is 5.32 Å². The summed E-state index contributed by atoms with van der Waals surface area (Å²) in [7, 11) is 0. The lowest BCUT2D eigenvalue weighted by molar-refractivity contribution is 0.497. The van der Waals surface area contributed by atoms with Gasteiger partial charge >= 0.3 is 0 Å². The van der Waals surface area contributed by atoms with Crippen molar-refractivity contribution in [2.45, 2.75) is 19.5 Å². The van der Waals surface area contributed by atoms with Crippen molar-refractivity contribution in [2.75, 3.05) is 0 Å². The zero-order valence-electron chi connectivity index (χ0n) is 10.8. The van der Waals surface area contributed by atoms with Gasteiger partial charge in [0.05, 0.1) is 0 Å². The summed E-state index contributed by atoms with van der Waals surface area (Å²) in [6, 6.07) is 7.00. The zero-order valence-corrected chi connectivity index (χ0v) is 10.8. The second kappa shape index (κ2) is 6.05. The maximum Gasteiger partial charge on any atom is 0.159 e. The number of benzene rings is 2. The minimum Gasteiger partial charge on any atom is -0.306 e. The molecule has 5 heteroatoms. The normalized spacial score (nSPS) is 12.4. The topological polar surface area (TPSA) is 12.0 Å². The molecule has 0 aliphatic rings. The molecular weight excluding hydrogens is 270 g/mol. The molecule has 1 nitrogen and oxygen atoms in total. The smallest absolute Gasteiger partial charge is 0.159 e. The van der Waals surface area contributed by atoms with E-state index >= 15 is 0 Å². The fourth-order valence-corrected chi connectivity index (χ4v) is 1.82. The molecule has 2 rings (SSSR count). The molecule has 0 amide bonds. The summed E-state index contributed by atoms with van der Waals surface area (Å²) in [5.74, 6) is -3.63. The second-order valence-corrected chi connectivity index (χ2v) is 4.52. The lowest BCUT2D eigenvalue weighted by Crippen LogP contribution is -2.18. The fourth-order valence-electron chi connectivity index (χ4n) is 1.82. The third-order valence-electron chi connectivity index (χ3n) is 3.04. The van der Waals surface area contributed by atoms with Gasteiger partial charge in [0.25, 0.3) is 0 Å². The van der Waals surface area contributed by atoms with Crippen molar-refractivity contribution in [1.29, 1.82) is 0 Å². The van der Waals surface area contributed by atoms with Crippen molar-refractivity contribution in [3.8, 4) is 0 Å². The molecule has 1 N–H and O–H groups in total. The summed E-state index contributed by atoms with van der Waals surface area (Å²) in [5, 5.41) is 3.03. The van der Waals surface area contributed by atoms with Crippen LogP contribution in [0.15, 0.2) is 36.4 Å². The van der Waals surface area contributed by atoms with Crippen LogP contribution < -0.4 is 5.32 Å². The van der Waals surface area contributed by atoms with E-state index in [1.54, 1.807) is 6.92 Å². The van der Waals surface area contributed by atoms with Crippen LogP contribution in [0.3, 0.4) is 0 Å². The van der Waals surface area contributed by atoms with Gasteiger partial charge in [-0.25, -0.2) is 17.6 Å². The van der Waals surface area contributed by atoms with Gasteiger partial charge in [-0.3, -0.25) is 0 Å². The quantitative estimate of drug-likeness (QED) is 0.833. The Hall–Kier alpha value is -1.88. The SMILES string of the molecule is CC(NCc1ccc(F)c(F)c1)c1ccc(F)c(F)c1. The van der Waals surface area contributed by atoms with E-state index < -0.39 is 23.3 Å². The molecule has 0 saturated heterocycles. The predicted molar refractivity (Wildman–Crippen MR) is 68.0 cm³/mol. The van der Waals surface area contributed by atoms with E-state index in [1.165, 1.54) is 12.1 Å². The van der Waals surface area contributed by atoms with Gasteiger partial charge in [0.1, 0.15) is 0 Å². The molecule has 0 aliphatic heterocycles. The first-order valence-corrected chi connectivity index (χ1v) is 6.09. The van der Waals surface area contributed by atoms with E-state index in [2.05, 4.69) is 5.32 Å². The first-order valence-electron chi connectivity index (χ1n) is 6.09. The highest BCUT2D eigenvalue weighted by Gasteiger charge is 2.09. The van der Waals surface area contributed by atoms with E-state index in [0.29, 0.717) is 11.1 Å². The van der Waals surface area contributed by atoms with Crippen LogP contribution in [0.4, 0.5) is 17.6 Å². The molecule has 20 heavy (non-hydrogen) atoms. The first-order chi connectivity index (χ1) is 9.47. The molecule has 2 aromatic rings. The third-order valence-corrected chi connectivity index (χ3v) is 3.04. The van der Waals surface area contributed by atoms with E-state index in [4.69, 9.17) is 0 Å². The lowest BCUT2D eigenvalue weighted by Gasteiger charge is -2.14. The summed E-state index contributed by atoms with van der Waals surface area (Å²) in [4.78, 5) is 0. The Morgan fingerprint density at radius 3 is 2.05 bits per heavy atom. The van der Waals surface area contributed by atoms with Crippen LogP contribution in [0.2, 0.25) is 0 Å². The van der Waals surface area contributed by atoms with Gasteiger partial charge in [-0.05, 0) is 42.3 Å². The highest BCUT2D eigenvalue weighted by Crippen LogP contribution is 2.17. The maximum atomic E-state index is 13.1. The molecule has 0 spiro atoms. The van der Waals surface area contributed by atoms with Crippen LogP contribution >= 0.6 is 0 Å². The zero-order chi connectivity index (χ0) is 14.7. The summed E-state index contributed by atoms with van der Waals surface area (Å²) < 4.78 is 51.7. The Balaban J connectivity index is 2.02. The molecule has 0 bridgehead atoms. The van der Waals surface area contributed by atoms with Crippen molar-refractivity contribution in [3.63, 3.8) is 0 Å². The molecule has 106 valence electrons. The van der Waals surface area contributed by atoms with E-state index in [0.717, 1.165) is 24.3 Å². The standard InChI is InChI=1S/C15H13F4N/c1-9(11-3-5-13(17)15(19)7-11)20-8-10-2-4-12(16)14(18)6-10/h2-7,9,20H,8H2,1H3. The molecule has 0 radical (unpaired) electrons. The van der Waals surface area contributed by atoms with Crippen LogP contribution in [-0.2, 0) is 6.54 Å². The largest absolute Gasteiger partial charge is 0.306 e. The third kappa shape index (κ3) is 3.36. The van der Waals surface area contributed by atoms with E-state index in [1.807, 2.05) is 0 Å². The van der Waals surface area contributed by atoms with Crippen LogP contribution in [-0.4, -0.2) is 0 Å². The number of nitrogens with one attached hydrogen (secondary N) is 1. The Morgan fingerprint density at radius 2 is 1.45 bits per heavy atom. The molecule has 0 saturated carbocycles.